The predicted octanol–water partition coefficient (Wildman–Crippen LogP) is 4.97. The topological polar surface area (TPSA) is 72.3 Å². The van der Waals surface area contributed by atoms with Gasteiger partial charge in [-0.1, -0.05) is 45.4 Å². The van der Waals surface area contributed by atoms with Crippen LogP contribution >= 0.6 is 0 Å². The lowest BCUT2D eigenvalue weighted by molar-refractivity contribution is 0.0690. The normalized spacial score (nSPS) is 10.6. The van der Waals surface area contributed by atoms with Gasteiger partial charge in [-0.25, -0.2) is 9.78 Å². The van der Waals surface area contributed by atoms with Crippen molar-refractivity contribution in [3.05, 3.63) is 42.4 Å². The monoisotopic (exact) mass is 342 g/mol. The van der Waals surface area contributed by atoms with Gasteiger partial charge < -0.3 is 9.84 Å². The molecule has 1 heterocycles. The van der Waals surface area contributed by atoms with Crippen molar-refractivity contribution in [2.75, 3.05) is 6.61 Å². The highest BCUT2D eigenvalue weighted by Gasteiger charge is 2.06. The second kappa shape index (κ2) is 10.4. The Labute approximate surface area is 149 Å². The largest absolute Gasteiger partial charge is 0.494 e. The minimum atomic E-state index is -1.08. The molecule has 2 rings (SSSR count). The number of nitrogens with zero attached hydrogens (tertiary/aromatic N) is 2. The van der Waals surface area contributed by atoms with E-state index in [-0.39, 0.29) is 5.69 Å². The molecule has 134 valence electrons. The van der Waals surface area contributed by atoms with Crippen LogP contribution in [0.2, 0.25) is 0 Å². The van der Waals surface area contributed by atoms with Crippen molar-refractivity contribution in [2.45, 2.75) is 51.9 Å². The second-order valence-corrected chi connectivity index (χ2v) is 6.09. The molecule has 0 saturated carbocycles. The zero-order valence-electron chi connectivity index (χ0n) is 14.8. The fraction of sp³-hybridized carbons (Fsp3) is 0.450. The molecule has 0 aliphatic heterocycles. The van der Waals surface area contributed by atoms with E-state index in [1.54, 1.807) is 0 Å². The van der Waals surface area contributed by atoms with E-state index in [0.29, 0.717) is 5.69 Å². The fourth-order valence-corrected chi connectivity index (χ4v) is 2.56. The summed E-state index contributed by atoms with van der Waals surface area (Å²) < 4.78 is 5.76. The van der Waals surface area contributed by atoms with Gasteiger partial charge in [0.15, 0.2) is 5.69 Å². The first-order valence-corrected chi connectivity index (χ1v) is 8.99. The number of aromatic carboxylic acids is 1. The summed E-state index contributed by atoms with van der Waals surface area (Å²) in [5, 5.41) is 8.84. The molecule has 0 amide bonds. The van der Waals surface area contributed by atoms with Crippen molar-refractivity contribution < 1.29 is 14.6 Å². The van der Waals surface area contributed by atoms with Crippen LogP contribution in [0.4, 0.5) is 0 Å². The van der Waals surface area contributed by atoms with Crippen LogP contribution in [0.5, 0.6) is 5.75 Å². The zero-order valence-corrected chi connectivity index (χ0v) is 14.8. The highest BCUT2D eigenvalue weighted by atomic mass is 16.5. The van der Waals surface area contributed by atoms with Gasteiger partial charge in [-0.2, -0.15) is 0 Å². The Morgan fingerprint density at radius 3 is 2.24 bits per heavy atom. The van der Waals surface area contributed by atoms with Crippen LogP contribution in [0.3, 0.4) is 0 Å². The lowest BCUT2D eigenvalue weighted by atomic mass is 10.1. The summed E-state index contributed by atoms with van der Waals surface area (Å²) >= 11 is 0. The molecule has 5 heteroatoms. The first-order chi connectivity index (χ1) is 12.2. The molecule has 1 N–H and O–H groups in total. The fourth-order valence-electron chi connectivity index (χ4n) is 2.56. The third-order valence-electron chi connectivity index (χ3n) is 4.04. The van der Waals surface area contributed by atoms with E-state index in [4.69, 9.17) is 9.84 Å². The highest BCUT2D eigenvalue weighted by Crippen LogP contribution is 2.20. The second-order valence-electron chi connectivity index (χ2n) is 6.09. The number of hydrogen-bond acceptors (Lipinski definition) is 4. The smallest absolute Gasteiger partial charge is 0.356 e. The van der Waals surface area contributed by atoms with E-state index in [1.165, 1.54) is 50.9 Å². The van der Waals surface area contributed by atoms with Crippen LogP contribution < -0.4 is 4.74 Å². The van der Waals surface area contributed by atoms with Gasteiger partial charge in [-0.15, -0.1) is 0 Å². The van der Waals surface area contributed by atoms with Crippen molar-refractivity contribution in [2.24, 2.45) is 0 Å². The van der Waals surface area contributed by atoms with E-state index in [2.05, 4.69) is 16.9 Å². The molecule has 1 aromatic heterocycles. The lowest BCUT2D eigenvalue weighted by Gasteiger charge is -2.07. The summed E-state index contributed by atoms with van der Waals surface area (Å²) in [6.07, 6.45) is 11.6. The minimum absolute atomic E-state index is 0.0570. The van der Waals surface area contributed by atoms with Crippen molar-refractivity contribution >= 4 is 5.97 Å². The Kier molecular flexibility index (Phi) is 7.89. The van der Waals surface area contributed by atoms with Crippen LogP contribution in [-0.4, -0.2) is 27.7 Å². The summed E-state index contributed by atoms with van der Waals surface area (Å²) in [4.78, 5) is 18.8. The SMILES string of the molecule is CCCCCCCCCOc1ccc(-c2cnc(C(=O)O)cn2)cc1. The summed E-state index contributed by atoms with van der Waals surface area (Å²) in [6.45, 7) is 2.97. The number of hydrogen-bond donors (Lipinski definition) is 1. The molecule has 1 aromatic carbocycles. The molecule has 0 radical (unpaired) electrons. The standard InChI is InChI=1S/C20H26N2O3/c1-2-3-4-5-6-7-8-13-25-17-11-9-16(10-12-17)18-14-22-19(15-21-18)20(23)24/h9-12,14-15H,2-8,13H2,1H3,(H,23,24). The zero-order chi connectivity index (χ0) is 17.9. The van der Waals surface area contributed by atoms with Crippen molar-refractivity contribution in [1.82, 2.24) is 9.97 Å². The summed E-state index contributed by atoms with van der Waals surface area (Å²) in [5.74, 6) is -0.238. The van der Waals surface area contributed by atoms with Crippen molar-refractivity contribution in [3.63, 3.8) is 0 Å². The van der Waals surface area contributed by atoms with Gasteiger partial charge >= 0.3 is 5.97 Å². The minimum Gasteiger partial charge on any atom is -0.494 e. The Morgan fingerprint density at radius 2 is 1.64 bits per heavy atom. The molecule has 0 aliphatic rings. The van der Waals surface area contributed by atoms with Gasteiger partial charge in [0.1, 0.15) is 5.75 Å². The van der Waals surface area contributed by atoms with Gasteiger partial charge in [0, 0.05) is 5.56 Å². The van der Waals surface area contributed by atoms with E-state index in [9.17, 15) is 4.79 Å². The van der Waals surface area contributed by atoms with Gasteiger partial charge in [0.2, 0.25) is 0 Å². The van der Waals surface area contributed by atoms with Gasteiger partial charge in [-0.05, 0) is 30.7 Å². The summed E-state index contributed by atoms with van der Waals surface area (Å²) in [6, 6.07) is 7.63. The Morgan fingerprint density at radius 1 is 0.960 bits per heavy atom. The predicted molar refractivity (Wildman–Crippen MR) is 97.9 cm³/mol. The van der Waals surface area contributed by atoms with Gasteiger partial charge in [0.25, 0.3) is 0 Å². The Balaban J connectivity index is 1.73. The third kappa shape index (κ3) is 6.53. The van der Waals surface area contributed by atoms with Crippen LogP contribution in [0, 0.1) is 0 Å². The maximum absolute atomic E-state index is 10.8. The first-order valence-electron chi connectivity index (χ1n) is 8.99. The lowest BCUT2D eigenvalue weighted by Crippen LogP contribution is -2.01. The number of ether oxygens (including phenoxy) is 1. The Bertz CT molecular complexity index is 639. The van der Waals surface area contributed by atoms with Crippen LogP contribution in [-0.2, 0) is 0 Å². The van der Waals surface area contributed by atoms with Crippen molar-refractivity contribution in [3.8, 4) is 17.0 Å². The molecule has 5 nitrogen and oxygen atoms in total. The van der Waals surface area contributed by atoms with E-state index in [1.807, 2.05) is 24.3 Å². The highest BCUT2D eigenvalue weighted by molar-refractivity contribution is 5.85. The molecule has 0 aliphatic carbocycles. The number of benzene rings is 1. The third-order valence-corrected chi connectivity index (χ3v) is 4.04. The molecular formula is C20H26N2O3. The first kappa shape index (κ1) is 18.9. The molecular weight excluding hydrogens is 316 g/mol. The average Bonchev–Trinajstić information content (AvgIpc) is 2.64. The molecule has 0 spiro atoms. The van der Waals surface area contributed by atoms with Crippen molar-refractivity contribution in [1.29, 1.82) is 0 Å². The molecule has 0 saturated heterocycles. The van der Waals surface area contributed by atoms with Crippen LogP contribution in [0.1, 0.15) is 62.4 Å². The van der Waals surface area contributed by atoms with E-state index < -0.39 is 5.97 Å². The van der Waals surface area contributed by atoms with Gasteiger partial charge in [-0.3, -0.25) is 4.98 Å². The number of carbonyl (C=O) groups is 1. The number of carboxylic acid groups (broad SMARTS) is 1. The number of aromatic nitrogens is 2. The molecule has 25 heavy (non-hydrogen) atoms. The number of unbranched alkanes of at least 4 members (excludes halogenated alkanes) is 6. The van der Waals surface area contributed by atoms with Crippen LogP contribution in [0.15, 0.2) is 36.7 Å². The number of rotatable bonds is 11. The average molecular weight is 342 g/mol. The van der Waals surface area contributed by atoms with E-state index >= 15 is 0 Å². The molecule has 0 fully saturated rings. The maximum Gasteiger partial charge on any atom is 0.356 e. The van der Waals surface area contributed by atoms with Crippen LogP contribution in [0.25, 0.3) is 11.3 Å². The summed E-state index contributed by atoms with van der Waals surface area (Å²) in [5.41, 5.74) is 1.47. The van der Waals surface area contributed by atoms with E-state index in [0.717, 1.165) is 24.3 Å². The molecule has 0 atom stereocenters. The molecule has 0 unspecified atom stereocenters. The van der Waals surface area contributed by atoms with Gasteiger partial charge in [0.05, 0.1) is 24.7 Å². The summed E-state index contributed by atoms with van der Waals surface area (Å²) in [7, 11) is 0. The Hall–Kier alpha value is -2.43. The quantitative estimate of drug-likeness (QED) is 0.584. The molecule has 0 bridgehead atoms. The maximum atomic E-state index is 10.8. The molecule has 2 aromatic rings. The number of carboxylic acids is 1.